The molecule has 4 aromatic carbocycles. The van der Waals surface area contributed by atoms with Gasteiger partial charge in [-0.15, -0.1) is 0 Å². The van der Waals surface area contributed by atoms with Crippen LogP contribution in [-0.4, -0.2) is 78.5 Å². The Labute approximate surface area is 250 Å². The van der Waals surface area contributed by atoms with Gasteiger partial charge in [-0.2, -0.15) is 0 Å². The van der Waals surface area contributed by atoms with E-state index in [1.54, 1.807) is 0 Å². The van der Waals surface area contributed by atoms with E-state index in [1.807, 2.05) is 0 Å². The van der Waals surface area contributed by atoms with E-state index < -0.39 is 35.8 Å². The predicted molar refractivity (Wildman–Crippen MR) is 155 cm³/mol. The molecule has 4 rings (SSSR count). The number of carbonyl (C=O) groups excluding carboxylic acids is 6. The van der Waals surface area contributed by atoms with Crippen molar-refractivity contribution in [2.24, 2.45) is 0 Å². The summed E-state index contributed by atoms with van der Waals surface area (Å²) in [5, 5.41) is 0.124. The van der Waals surface area contributed by atoms with Crippen molar-refractivity contribution in [3.05, 3.63) is 81.9 Å². The molecule has 4 aromatic rings. The standard InChI is InChI=1S/C32H26O12/c1-39-27(33)17-11-13-21(31(37)43-5)25-19(29(35)41-3)9-7-15(23(17)25)16-8-10-20(30(36)42-4)26-22(32(38)44-6)14-12-18(24(16)26)28(34)40-2/h7-14H,1-6H3. The van der Waals surface area contributed by atoms with Crippen LogP contribution in [0.5, 0.6) is 0 Å². The Morgan fingerprint density at radius 3 is 0.705 bits per heavy atom. The summed E-state index contributed by atoms with van der Waals surface area (Å²) in [6.07, 6.45) is 0. The highest BCUT2D eigenvalue weighted by molar-refractivity contribution is 6.26. The lowest BCUT2D eigenvalue weighted by Gasteiger charge is -2.20. The first-order valence-electron chi connectivity index (χ1n) is 12.8. The molecule has 0 bridgehead atoms. The SMILES string of the molecule is COC(=O)c1ccc(C(=O)OC)c2c(-c3ccc(C(=O)OC)c4c(C(=O)OC)ccc(C(=O)OC)c34)ccc(C(=O)OC)c12. The van der Waals surface area contributed by atoms with E-state index in [0.29, 0.717) is 0 Å². The average molecular weight is 603 g/mol. The third-order valence-corrected chi connectivity index (χ3v) is 7.04. The van der Waals surface area contributed by atoms with Crippen LogP contribution >= 0.6 is 0 Å². The third-order valence-electron chi connectivity index (χ3n) is 7.04. The van der Waals surface area contributed by atoms with Crippen LogP contribution in [0.3, 0.4) is 0 Å². The van der Waals surface area contributed by atoms with Crippen LogP contribution < -0.4 is 0 Å². The van der Waals surface area contributed by atoms with Gasteiger partial charge >= 0.3 is 35.8 Å². The number of carbonyl (C=O) groups is 6. The van der Waals surface area contributed by atoms with Crippen LogP contribution in [0.15, 0.2) is 48.5 Å². The summed E-state index contributed by atoms with van der Waals surface area (Å²) in [7, 11) is 6.93. The highest BCUT2D eigenvalue weighted by Crippen LogP contribution is 2.42. The Morgan fingerprint density at radius 1 is 0.318 bits per heavy atom. The molecule has 12 heteroatoms. The lowest BCUT2D eigenvalue weighted by Crippen LogP contribution is -2.13. The number of ether oxygens (including phenoxy) is 6. The maximum absolute atomic E-state index is 13.1. The molecule has 0 unspecified atom stereocenters. The van der Waals surface area contributed by atoms with Gasteiger partial charge in [0.15, 0.2) is 0 Å². The maximum Gasteiger partial charge on any atom is 0.338 e. The largest absolute Gasteiger partial charge is 0.465 e. The number of esters is 6. The van der Waals surface area contributed by atoms with Crippen molar-refractivity contribution in [3.8, 4) is 11.1 Å². The first-order valence-corrected chi connectivity index (χ1v) is 12.8. The summed E-state index contributed by atoms with van der Waals surface area (Å²) in [5.74, 6) is -4.89. The molecule has 0 aliphatic carbocycles. The Bertz CT molecular complexity index is 1700. The zero-order valence-corrected chi connectivity index (χ0v) is 24.5. The summed E-state index contributed by atoms with van der Waals surface area (Å²) in [6.45, 7) is 0. The van der Waals surface area contributed by atoms with Gasteiger partial charge in [-0.05, 0) is 47.5 Å². The molecule has 0 spiro atoms. The molecule has 0 atom stereocenters. The van der Waals surface area contributed by atoms with Crippen molar-refractivity contribution < 1.29 is 57.2 Å². The van der Waals surface area contributed by atoms with Crippen LogP contribution in [0.25, 0.3) is 32.7 Å². The molecule has 12 nitrogen and oxygen atoms in total. The molecule has 44 heavy (non-hydrogen) atoms. The zero-order valence-electron chi connectivity index (χ0n) is 24.5. The zero-order chi connectivity index (χ0) is 32.3. The molecule has 0 aliphatic rings. The van der Waals surface area contributed by atoms with Crippen molar-refractivity contribution in [1.82, 2.24) is 0 Å². The van der Waals surface area contributed by atoms with Gasteiger partial charge in [0.05, 0.1) is 76.0 Å². The molecule has 0 heterocycles. The maximum atomic E-state index is 13.1. The van der Waals surface area contributed by atoms with E-state index in [9.17, 15) is 28.8 Å². The van der Waals surface area contributed by atoms with E-state index in [-0.39, 0.29) is 66.1 Å². The van der Waals surface area contributed by atoms with Crippen LogP contribution in [0, 0.1) is 0 Å². The van der Waals surface area contributed by atoms with Crippen molar-refractivity contribution in [1.29, 1.82) is 0 Å². The molecule has 0 aromatic heterocycles. The van der Waals surface area contributed by atoms with E-state index in [0.717, 1.165) is 42.7 Å². The smallest absolute Gasteiger partial charge is 0.338 e. The fourth-order valence-electron chi connectivity index (χ4n) is 5.12. The van der Waals surface area contributed by atoms with Crippen LogP contribution in [0.4, 0.5) is 0 Å². The van der Waals surface area contributed by atoms with Gasteiger partial charge in [0.2, 0.25) is 0 Å². The van der Waals surface area contributed by atoms with Crippen molar-refractivity contribution in [3.63, 3.8) is 0 Å². The molecule has 0 amide bonds. The second-order valence-corrected chi connectivity index (χ2v) is 9.09. The lowest BCUT2D eigenvalue weighted by atomic mass is 9.84. The van der Waals surface area contributed by atoms with Gasteiger partial charge < -0.3 is 28.4 Å². The summed E-state index contributed by atoms with van der Waals surface area (Å²) in [4.78, 5) is 78.0. The number of rotatable bonds is 7. The third kappa shape index (κ3) is 5.06. The Balaban J connectivity index is 2.38. The quantitative estimate of drug-likeness (QED) is 0.217. The van der Waals surface area contributed by atoms with Crippen LogP contribution in [-0.2, 0) is 28.4 Å². The molecule has 0 aliphatic heterocycles. The van der Waals surface area contributed by atoms with Crippen LogP contribution in [0.2, 0.25) is 0 Å². The fourth-order valence-corrected chi connectivity index (χ4v) is 5.12. The predicted octanol–water partition coefficient (Wildman–Crippen LogP) is 4.38. The molecular formula is C32H26O12. The van der Waals surface area contributed by atoms with Gasteiger partial charge in [0.25, 0.3) is 0 Å². The minimum atomic E-state index is -0.817. The summed E-state index contributed by atoms with van der Waals surface area (Å²) < 4.78 is 29.9. The molecule has 0 fully saturated rings. The molecule has 0 radical (unpaired) electrons. The van der Waals surface area contributed by atoms with E-state index in [4.69, 9.17) is 28.4 Å². The van der Waals surface area contributed by atoms with Gasteiger partial charge in [0.1, 0.15) is 0 Å². The molecule has 0 saturated heterocycles. The highest BCUT2D eigenvalue weighted by atomic mass is 16.5. The lowest BCUT2D eigenvalue weighted by molar-refractivity contribution is 0.0584. The Kier molecular flexibility index (Phi) is 8.93. The van der Waals surface area contributed by atoms with Crippen molar-refractivity contribution in [2.45, 2.75) is 0 Å². The highest BCUT2D eigenvalue weighted by Gasteiger charge is 2.29. The first kappa shape index (κ1) is 31.2. The summed E-state index contributed by atoms with van der Waals surface area (Å²) in [6, 6.07) is 11.0. The minimum absolute atomic E-state index is 0.00182. The van der Waals surface area contributed by atoms with Gasteiger partial charge in [-0.1, -0.05) is 12.1 Å². The number of methoxy groups -OCH3 is 6. The van der Waals surface area contributed by atoms with E-state index in [1.165, 1.54) is 48.5 Å². The fraction of sp³-hybridized carbons (Fsp3) is 0.188. The summed E-state index contributed by atoms with van der Waals surface area (Å²) in [5.41, 5.74) is 0.0368. The van der Waals surface area contributed by atoms with Gasteiger partial charge in [0, 0.05) is 21.5 Å². The molecular weight excluding hydrogens is 576 g/mol. The number of hydrogen-bond acceptors (Lipinski definition) is 12. The normalized spacial score (nSPS) is 10.6. The Hall–Kier alpha value is -5.78. The van der Waals surface area contributed by atoms with Crippen LogP contribution in [0.1, 0.15) is 62.1 Å². The number of fused-ring (bicyclic) bond motifs is 2. The second kappa shape index (κ2) is 12.6. The van der Waals surface area contributed by atoms with E-state index in [2.05, 4.69) is 0 Å². The number of benzene rings is 4. The second-order valence-electron chi connectivity index (χ2n) is 9.09. The molecule has 0 N–H and O–H groups in total. The van der Waals surface area contributed by atoms with Crippen molar-refractivity contribution in [2.75, 3.05) is 42.7 Å². The summed E-state index contributed by atoms with van der Waals surface area (Å²) >= 11 is 0. The minimum Gasteiger partial charge on any atom is -0.465 e. The molecule has 226 valence electrons. The average Bonchev–Trinajstić information content (AvgIpc) is 3.07. The Morgan fingerprint density at radius 2 is 0.500 bits per heavy atom. The van der Waals surface area contributed by atoms with E-state index >= 15 is 0 Å². The van der Waals surface area contributed by atoms with Gasteiger partial charge in [-0.25, -0.2) is 28.8 Å². The molecule has 0 saturated carbocycles. The topological polar surface area (TPSA) is 158 Å². The van der Waals surface area contributed by atoms with Gasteiger partial charge in [-0.3, -0.25) is 0 Å². The monoisotopic (exact) mass is 602 g/mol. The first-order chi connectivity index (χ1) is 21.1. The number of hydrogen-bond donors (Lipinski definition) is 0. The van der Waals surface area contributed by atoms with Crippen molar-refractivity contribution >= 4 is 57.4 Å².